The summed E-state index contributed by atoms with van der Waals surface area (Å²) in [5, 5.41) is 5.10. The number of anilines is 1. The number of nitrogens with one attached hydrogen (secondary N) is 2. The Labute approximate surface area is 108 Å². The van der Waals surface area contributed by atoms with E-state index in [1.165, 1.54) is 0 Å². The zero-order valence-electron chi connectivity index (χ0n) is 10.4. The first-order valence-corrected chi connectivity index (χ1v) is 5.69. The molecule has 0 radical (unpaired) electrons. The molecule has 7 heteroatoms. The zero-order chi connectivity index (χ0) is 14.3. The van der Waals surface area contributed by atoms with Crippen LogP contribution in [-0.2, 0) is 9.53 Å². The zero-order valence-corrected chi connectivity index (χ0v) is 10.4. The van der Waals surface area contributed by atoms with Crippen molar-refractivity contribution in [2.24, 2.45) is 0 Å². The van der Waals surface area contributed by atoms with Crippen molar-refractivity contribution in [2.75, 3.05) is 32.1 Å². The van der Waals surface area contributed by atoms with E-state index in [4.69, 9.17) is 4.74 Å². The summed E-state index contributed by atoms with van der Waals surface area (Å²) in [5.74, 6) is -4.79. The van der Waals surface area contributed by atoms with Crippen molar-refractivity contribution in [3.63, 3.8) is 0 Å². The number of carbonyl (C=O) groups is 1. The van der Waals surface area contributed by atoms with Crippen LogP contribution in [0.15, 0.2) is 12.1 Å². The number of hydrogen-bond donors (Lipinski definition) is 2. The van der Waals surface area contributed by atoms with Crippen LogP contribution in [0.4, 0.5) is 18.9 Å². The third-order valence-electron chi connectivity index (χ3n) is 2.32. The molecule has 0 aliphatic heterocycles. The first-order chi connectivity index (χ1) is 9.06. The number of rotatable bonds is 7. The fraction of sp³-hybridized carbons (Fsp3) is 0.417. The Bertz CT molecular complexity index is 441. The first-order valence-electron chi connectivity index (χ1n) is 5.69. The van der Waals surface area contributed by atoms with Gasteiger partial charge in [-0.25, -0.2) is 13.2 Å². The van der Waals surface area contributed by atoms with Gasteiger partial charge in [0.2, 0.25) is 5.91 Å². The second kappa shape index (κ2) is 7.75. The Morgan fingerprint density at radius 3 is 2.63 bits per heavy atom. The lowest BCUT2D eigenvalue weighted by molar-refractivity contribution is -0.116. The number of carbonyl (C=O) groups excluding carboxylic acids is 1. The number of halogens is 3. The first kappa shape index (κ1) is 15.5. The van der Waals surface area contributed by atoms with E-state index >= 15 is 0 Å². The molecule has 0 spiro atoms. The van der Waals surface area contributed by atoms with Crippen LogP contribution in [0.5, 0.6) is 0 Å². The van der Waals surface area contributed by atoms with E-state index < -0.39 is 23.4 Å². The lowest BCUT2D eigenvalue weighted by atomic mass is 10.2. The van der Waals surface area contributed by atoms with Gasteiger partial charge in [0.15, 0.2) is 17.5 Å². The third kappa shape index (κ3) is 4.88. The maximum Gasteiger partial charge on any atom is 0.225 e. The maximum absolute atomic E-state index is 13.2. The molecule has 0 atom stereocenters. The molecule has 1 aromatic carbocycles. The van der Waals surface area contributed by atoms with E-state index in [0.717, 1.165) is 12.1 Å². The smallest absolute Gasteiger partial charge is 0.225 e. The Kier molecular flexibility index (Phi) is 6.31. The van der Waals surface area contributed by atoms with Crippen LogP contribution in [-0.4, -0.2) is 32.7 Å². The number of benzene rings is 1. The summed E-state index contributed by atoms with van der Waals surface area (Å²) in [6.45, 7) is 1.48. The number of hydrogen-bond acceptors (Lipinski definition) is 3. The van der Waals surface area contributed by atoms with Crippen LogP contribution < -0.4 is 10.6 Å². The summed E-state index contributed by atoms with van der Waals surface area (Å²) in [6.07, 6.45) is 0.0855. The van der Waals surface area contributed by atoms with Gasteiger partial charge in [0, 0.05) is 26.6 Å². The Hall–Kier alpha value is -1.60. The van der Waals surface area contributed by atoms with Gasteiger partial charge in [0.05, 0.1) is 12.3 Å². The van der Waals surface area contributed by atoms with Crippen molar-refractivity contribution < 1.29 is 22.7 Å². The molecule has 106 valence electrons. The molecule has 1 amide bonds. The topological polar surface area (TPSA) is 50.4 Å². The lowest BCUT2D eigenvalue weighted by Gasteiger charge is -2.08. The molecule has 0 fully saturated rings. The predicted molar refractivity (Wildman–Crippen MR) is 64.3 cm³/mol. The standard InChI is InChI=1S/C12H15F3N2O2/c1-19-7-6-16-5-4-10(18)17-9-3-2-8(13)11(14)12(9)15/h2-3,16H,4-7H2,1H3,(H,17,18). The van der Waals surface area contributed by atoms with Gasteiger partial charge in [-0.1, -0.05) is 0 Å². The summed E-state index contributed by atoms with van der Waals surface area (Å²) >= 11 is 0. The highest BCUT2D eigenvalue weighted by Gasteiger charge is 2.14. The van der Waals surface area contributed by atoms with Gasteiger partial charge in [-0.05, 0) is 12.1 Å². The predicted octanol–water partition coefficient (Wildman–Crippen LogP) is 1.67. The van der Waals surface area contributed by atoms with E-state index in [2.05, 4.69) is 10.6 Å². The summed E-state index contributed by atoms with van der Waals surface area (Å²) < 4.78 is 43.6. The van der Waals surface area contributed by atoms with Crippen LogP contribution >= 0.6 is 0 Å². The molecule has 0 saturated heterocycles. The van der Waals surface area contributed by atoms with Gasteiger partial charge < -0.3 is 15.4 Å². The molecular formula is C12H15F3N2O2. The summed E-state index contributed by atoms with van der Waals surface area (Å²) in [5.41, 5.74) is -0.374. The molecule has 0 bridgehead atoms. The van der Waals surface area contributed by atoms with E-state index in [9.17, 15) is 18.0 Å². The van der Waals surface area contributed by atoms with Crippen LogP contribution in [0.2, 0.25) is 0 Å². The SMILES string of the molecule is COCCNCCC(=O)Nc1ccc(F)c(F)c1F. The minimum Gasteiger partial charge on any atom is -0.383 e. The van der Waals surface area contributed by atoms with E-state index in [-0.39, 0.29) is 12.1 Å². The lowest BCUT2D eigenvalue weighted by Crippen LogP contribution is -2.25. The fourth-order valence-electron chi connectivity index (χ4n) is 1.34. The van der Waals surface area contributed by atoms with E-state index in [1.54, 1.807) is 7.11 Å². The van der Waals surface area contributed by atoms with Gasteiger partial charge >= 0.3 is 0 Å². The summed E-state index contributed by atoms with van der Waals surface area (Å²) in [4.78, 5) is 11.4. The molecule has 0 aliphatic carbocycles. The number of methoxy groups -OCH3 is 1. The third-order valence-corrected chi connectivity index (χ3v) is 2.32. The van der Waals surface area contributed by atoms with Crippen molar-refractivity contribution in [3.05, 3.63) is 29.6 Å². The highest BCUT2D eigenvalue weighted by molar-refractivity contribution is 5.90. The molecule has 1 aromatic rings. The van der Waals surface area contributed by atoms with Crippen molar-refractivity contribution in [1.82, 2.24) is 5.32 Å². The maximum atomic E-state index is 13.2. The Morgan fingerprint density at radius 2 is 1.95 bits per heavy atom. The number of amides is 1. The average Bonchev–Trinajstić information content (AvgIpc) is 2.39. The minimum absolute atomic E-state index is 0.0855. The van der Waals surface area contributed by atoms with Crippen LogP contribution in [0.3, 0.4) is 0 Å². The molecular weight excluding hydrogens is 261 g/mol. The van der Waals surface area contributed by atoms with Gasteiger partial charge in [-0.15, -0.1) is 0 Å². The molecule has 0 saturated carbocycles. The second-order valence-corrected chi connectivity index (χ2v) is 3.76. The fourth-order valence-corrected chi connectivity index (χ4v) is 1.34. The van der Waals surface area contributed by atoms with E-state index in [0.29, 0.717) is 19.7 Å². The monoisotopic (exact) mass is 276 g/mol. The molecule has 0 aromatic heterocycles. The van der Waals surface area contributed by atoms with Gasteiger partial charge in [-0.2, -0.15) is 0 Å². The Balaban J connectivity index is 2.42. The van der Waals surface area contributed by atoms with Crippen molar-refractivity contribution in [2.45, 2.75) is 6.42 Å². The largest absolute Gasteiger partial charge is 0.383 e. The van der Waals surface area contributed by atoms with Gasteiger partial charge in [0.1, 0.15) is 0 Å². The van der Waals surface area contributed by atoms with Crippen molar-refractivity contribution in [1.29, 1.82) is 0 Å². The van der Waals surface area contributed by atoms with Crippen LogP contribution in [0.1, 0.15) is 6.42 Å². The Morgan fingerprint density at radius 1 is 1.21 bits per heavy atom. The highest BCUT2D eigenvalue weighted by atomic mass is 19.2. The molecule has 0 heterocycles. The molecule has 19 heavy (non-hydrogen) atoms. The van der Waals surface area contributed by atoms with Crippen molar-refractivity contribution in [3.8, 4) is 0 Å². The highest BCUT2D eigenvalue weighted by Crippen LogP contribution is 2.19. The van der Waals surface area contributed by atoms with Gasteiger partial charge in [-0.3, -0.25) is 4.79 Å². The van der Waals surface area contributed by atoms with Crippen LogP contribution in [0.25, 0.3) is 0 Å². The molecule has 0 aliphatic rings. The quantitative estimate of drug-likeness (QED) is 0.588. The van der Waals surface area contributed by atoms with E-state index in [1.807, 2.05) is 0 Å². The molecule has 1 rings (SSSR count). The molecule has 4 nitrogen and oxygen atoms in total. The van der Waals surface area contributed by atoms with Crippen LogP contribution in [0, 0.1) is 17.5 Å². The second-order valence-electron chi connectivity index (χ2n) is 3.76. The molecule has 0 unspecified atom stereocenters. The minimum atomic E-state index is -1.60. The van der Waals surface area contributed by atoms with Crippen molar-refractivity contribution >= 4 is 11.6 Å². The van der Waals surface area contributed by atoms with Gasteiger partial charge in [0.25, 0.3) is 0 Å². The molecule has 2 N–H and O–H groups in total. The average molecular weight is 276 g/mol. The summed E-state index contributed by atoms with van der Waals surface area (Å²) in [7, 11) is 1.56. The number of ether oxygens (including phenoxy) is 1. The normalized spacial score (nSPS) is 10.5. The summed E-state index contributed by atoms with van der Waals surface area (Å²) in [6, 6.07) is 1.73.